The van der Waals surface area contributed by atoms with E-state index in [1.165, 1.54) is 0 Å². The third kappa shape index (κ3) is 4.38. The van der Waals surface area contributed by atoms with Crippen LogP contribution in [0.15, 0.2) is 24.4 Å². The lowest BCUT2D eigenvalue weighted by atomic mass is 9.73. The Bertz CT molecular complexity index is 1060. The van der Waals surface area contributed by atoms with E-state index in [0.29, 0.717) is 30.7 Å². The molecular formula is C25H33ClN4O4. The average molecular weight is 489 g/mol. The number of aromatic nitrogens is 1. The van der Waals surface area contributed by atoms with Gasteiger partial charge in [-0.3, -0.25) is 9.69 Å². The summed E-state index contributed by atoms with van der Waals surface area (Å²) in [7, 11) is 1.67. The van der Waals surface area contributed by atoms with Gasteiger partial charge in [0, 0.05) is 57.4 Å². The number of fused-ring (bicyclic) bond motifs is 1. The fourth-order valence-corrected chi connectivity index (χ4v) is 5.72. The molecule has 1 aromatic carbocycles. The van der Waals surface area contributed by atoms with Crippen molar-refractivity contribution < 1.29 is 19.4 Å². The standard InChI is InChI=1S/C25H33ClN4O4/c1-25(15-34-14-22(25)31)30-7-5-29(6-8-30)21-10-17-11-23(27-12-18(17)9-20(21)26)28-24(32)19-4-3-16(19)13-33-2/h9-12,16,19,22,31H,3-8,13-15H2,1-2H3,(H,27,28,32)/t16-,19-,22+,25-/m1/s1. The van der Waals surface area contributed by atoms with Crippen molar-refractivity contribution >= 4 is 39.8 Å². The van der Waals surface area contributed by atoms with Crippen LogP contribution in [-0.2, 0) is 14.3 Å². The van der Waals surface area contributed by atoms with E-state index in [1.807, 2.05) is 12.1 Å². The Balaban J connectivity index is 1.29. The molecule has 1 saturated carbocycles. The third-order valence-electron chi connectivity index (χ3n) is 7.90. The van der Waals surface area contributed by atoms with Crippen LogP contribution in [0.2, 0.25) is 5.02 Å². The summed E-state index contributed by atoms with van der Waals surface area (Å²) in [6.07, 6.45) is 3.21. The molecule has 2 N–H and O–H groups in total. The number of anilines is 2. The molecule has 184 valence electrons. The second-order valence-electron chi connectivity index (χ2n) is 9.97. The van der Waals surface area contributed by atoms with Gasteiger partial charge >= 0.3 is 0 Å². The van der Waals surface area contributed by atoms with Crippen LogP contribution < -0.4 is 10.2 Å². The number of hydrogen-bond acceptors (Lipinski definition) is 7. The summed E-state index contributed by atoms with van der Waals surface area (Å²) in [5.74, 6) is 0.840. The largest absolute Gasteiger partial charge is 0.389 e. The number of halogens is 1. The van der Waals surface area contributed by atoms with Gasteiger partial charge in [-0.1, -0.05) is 11.6 Å². The molecule has 1 aromatic heterocycles. The topological polar surface area (TPSA) is 87.2 Å². The molecule has 3 fully saturated rings. The molecule has 5 rings (SSSR count). The van der Waals surface area contributed by atoms with Gasteiger partial charge in [-0.05, 0) is 49.3 Å². The minimum atomic E-state index is -0.464. The van der Waals surface area contributed by atoms with Gasteiger partial charge in [0.2, 0.25) is 5.91 Å². The summed E-state index contributed by atoms with van der Waals surface area (Å²) in [4.78, 5) is 21.7. The Morgan fingerprint density at radius 2 is 2.06 bits per heavy atom. The number of nitrogens with zero attached hydrogens (tertiary/aromatic N) is 3. The number of aliphatic hydroxyl groups excluding tert-OH is 1. The molecular weight excluding hydrogens is 456 g/mol. The number of aliphatic hydroxyl groups is 1. The lowest BCUT2D eigenvalue weighted by Crippen LogP contribution is -2.60. The van der Waals surface area contributed by atoms with E-state index in [-0.39, 0.29) is 23.3 Å². The number of rotatable bonds is 6. The molecule has 0 spiro atoms. The minimum Gasteiger partial charge on any atom is -0.389 e. The smallest absolute Gasteiger partial charge is 0.229 e. The van der Waals surface area contributed by atoms with E-state index in [2.05, 4.69) is 33.1 Å². The Kier molecular flexibility index (Phi) is 6.70. The lowest BCUT2D eigenvalue weighted by Gasteiger charge is -2.45. The molecule has 34 heavy (non-hydrogen) atoms. The molecule has 4 atom stereocenters. The van der Waals surface area contributed by atoms with Crippen molar-refractivity contribution in [3.63, 3.8) is 0 Å². The third-order valence-corrected chi connectivity index (χ3v) is 8.21. The van der Waals surface area contributed by atoms with Gasteiger partial charge in [0.05, 0.1) is 35.6 Å². The number of carbonyl (C=O) groups excluding carboxylic acids is 1. The van der Waals surface area contributed by atoms with Gasteiger partial charge in [0.25, 0.3) is 0 Å². The summed E-state index contributed by atoms with van der Waals surface area (Å²) in [6.45, 7) is 6.92. The highest BCUT2D eigenvalue weighted by Crippen LogP contribution is 2.36. The Morgan fingerprint density at radius 3 is 2.71 bits per heavy atom. The SMILES string of the molecule is COC[C@H]1CC[C@H]1C(=O)Nc1cc2cc(N3CCN([C@]4(C)COC[C@@H]4O)CC3)c(Cl)cc2cn1. The molecule has 9 heteroatoms. The molecule has 0 bridgehead atoms. The van der Waals surface area contributed by atoms with Crippen LogP contribution >= 0.6 is 11.6 Å². The molecule has 1 amide bonds. The number of pyridine rings is 1. The number of piperazine rings is 1. The van der Waals surface area contributed by atoms with E-state index in [1.54, 1.807) is 13.3 Å². The minimum absolute atomic E-state index is 0.0111. The van der Waals surface area contributed by atoms with Gasteiger partial charge in [-0.15, -0.1) is 0 Å². The molecule has 8 nitrogen and oxygen atoms in total. The molecule has 3 aliphatic rings. The highest BCUT2D eigenvalue weighted by Gasteiger charge is 2.44. The summed E-state index contributed by atoms with van der Waals surface area (Å²) >= 11 is 6.66. The zero-order valence-corrected chi connectivity index (χ0v) is 20.6. The summed E-state index contributed by atoms with van der Waals surface area (Å²) < 4.78 is 10.7. The van der Waals surface area contributed by atoms with Crippen LogP contribution in [0.4, 0.5) is 11.5 Å². The fraction of sp³-hybridized carbons (Fsp3) is 0.600. The first kappa shape index (κ1) is 23.8. The first-order valence-electron chi connectivity index (χ1n) is 12.0. The molecule has 2 aromatic rings. The van der Waals surface area contributed by atoms with Crippen LogP contribution in [0, 0.1) is 11.8 Å². The molecule has 2 saturated heterocycles. The van der Waals surface area contributed by atoms with E-state index in [0.717, 1.165) is 55.5 Å². The first-order chi connectivity index (χ1) is 16.4. The molecule has 2 aliphatic heterocycles. The van der Waals surface area contributed by atoms with Crippen molar-refractivity contribution in [3.8, 4) is 0 Å². The van der Waals surface area contributed by atoms with Crippen molar-refractivity contribution in [1.82, 2.24) is 9.88 Å². The number of benzene rings is 1. The van der Waals surface area contributed by atoms with Gasteiger partial charge in [-0.25, -0.2) is 4.98 Å². The maximum absolute atomic E-state index is 12.7. The van der Waals surface area contributed by atoms with E-state index in [4.69, 9.17) is 21.1 Å². The summed E-state index contributed by atoms with van der Waals surface area (Å²) in [5, 5.41) is 16.0. The predicted molar refractivity (Wildman–Crippen MR) is 132 cm³/mol. The van der Waals surface area contributed by atoms with Crippen LogP contribution in [0.3, 0.4) is 0 Å². The Morgan fingerprint density at radius 1 is 1.26 bits per heavy atom. The highest BCUT2D eigenvalue weighted by atomic mass is 35.5. The normalized spacial score (nSPS) is 29.9. The molecule has 0 unspecified atom stereocenters. The Hall–Kier alpha value is -1.97. The maximum atomic E-state index is 12.7. The zero-order chi connectivity index (χ0) is 23.9. The van der Waals surface area contributed by atoms with Crippen molar-refractivity contribution in [2.45, 2.75) is 31.4 Å². The van der Waals surface area contributed by atoms with E-state index < -0.39 is 6.10 Å². The van der Waals surface area contributed by atoms with E-state index >= 15 is 0 Å². The van der Waals surface area contributed by atoms with Crippen molar-refractivity contribution in [1.29, 1.82) is 0 Å². The molecule has 3 heterocycles. The van der Waals surface area contributed by atoms with Crippen LogP contribution in [0.5, 0.6) is 0 Å². The Labute approximate surface area is 205 Å². The van der Waals surface area contributed by atoms with Gasteiger partial charge in [0.1, 0.15) is 5.82 Å². The van der Waals surface area contributed by atoms with Crippen molar-refractivity contribution in [3.05, 3.63) is 29.4 Å². The lowest BCUT2D eigenvalue weighted by molar-refractivity contribution is -0.126. The monoisotopic (exact) mass is 488 g/mol. The summed E-state index contributed by atoms with van der Waals surface area (Å²) in [6, 6.07) is 5.94. The average Bonchev–Trinajstić information content (AvgIpc) is 3.15. The van der Waals surface area contributed by atoms with Gasteiger partial charge in [-0.2, -0.15) is 0 Å². The van der Waals surface area contributed by atoms with E-state index in [9.17, 15) is 9.90 Å². The number of hydrogen-bond donors (Lipinski definition) is 2. The van der Waals surface area contributed by atoms with Crippen LogP contribution in [0.1, 0.15) is 19.8 Å². The predicted octanol–water partition coefficient (Wildman–Crippen LogP) is 2.77. The second-order valence-corrected chi connectivity index (χ2v) is 10.4. The van der Waals surface area contributed by atoms with Gasteiger partial charge < -0.3 is 24.8 Å². The number of nitrogens with one attached hydrogen (secondary N) is 1. The fourth-order valence-electron chi connectivity index (χ4n) is 5.42. The second kappa shape index (κ2) is 9.59. The van der Waals surface area contributed by atoms with Crippen LogP contribution in [-0.4, -0.2) is 85.6 Å². The van der Waals surface area contributed by atoms with Crippen LogP contribution in [0.25, 0.3) is 10.8 Å². The quantitative estimate of drug-likeness (QED) is 0.646. The highest BCUT2D eigenvalue weighted by molar-refractivity contribution is 6.34. The maximum Gasteiger partial charge on any atom is 0.229 e. The number of methoxy groups -OCH3 is 1. The van der Waals surface area contributed by atoms with Gasteiger partial charge in [0.15, 0.2) is 0 Å². The van der Waals surface area contributed by atoms with Crippen molar-refractivity contribution in [2.24, 2.45) is 11.8 Å². The summed E-state index contributed by atoms with van der Waals surface area (Å²) in [5.41, 5.74) is 0.644. The first-order valence-corrected chi connectivity index (χ1v) is 12.4. The zero-order valence-electron chi connectivity index (χ0n) is 19.8. The molecule has 0 radical (unpaired) electrons. The number of ether oxygens (including phenoxy) is 2. The van der Waals surface area contributed by atoms with Crippen molar-refractivity contribution in [2.75, 3.05) is 63.3 Å². The number of carbonyl (C=O) groups is 1. The molecule has 1 aliphatic carbocycles. The number of amides is 1.